The first-order valence-corrected chi connectivity index (χ1v) is 12.0. The summed E-state index contributed by atoms with van der Waals surface area (Å²) in [5.74, 6) is -0.443. The van der Waals surface area contributed by atoms with Crippen LogP contribution in [-0.4, -0.2) is 37.2 Å². The number of nitrogens with two attached hydrogens (primary N) is 1. The summed E-state index contributed by atoms with van der Waals surface area (Å²) in [6.07, 6.45) is 5.03. The van der Waals surface area contributed by atoms with Crippen molar-refractivity contribution in [3.63, 3.8) is 0 Å². The number of ether oxygens (including phenoxy) is 1. The quantitative estimate of drug-likeness (QED) is 0.496. The Hall–Kier alpha value is -2.31. The van der Waals surface area contributed by atoms with Gasteiger partial charge in [-0.2, -0.15) is 0 Å². The fourth-order valence-corrected chi connectivity index (χ4v) is 5.32. The minimum Gasteiger partial charge on any atom is -0.493 e. The molecule has 1 unspecified atom stereocenters. The van der Waals surface area contributed by atoms with Crippen LogP contribution in [0.3, 0.4) is 0 Å². The van der Waals surface area contributed by atoms with Crippen LogP contribution >= 0.6 is 11.6 Å². The molecule has 2 aromatic rings. The second-order valence-corrected chi connectivity index (χ2v) is 9.72. The van der Waals surface area contributed by atoms with Crippen molar-refractivity contribution in [2.45, 2.75) is 45.1 Å². The summed E-state index contributed by atoms with van der Waals surface area (Å²) in [4.78, 5) is 4.73. The van der Waals surface area contributed by atoms with Gasteiger partial charge in [-0.1, -0.05) is 18.2 Å². The Balaban J connectivity index is 1.27. The summed E-state index contributed by atoms with van der Waals surface area (Å²) in [5, 5.41) is 0.681. The zero-order valence-corrected chi connectivity index (χ0v) is 19.9. The minimum absolute atomic E-state index is 0.248. The minimum atomic E-state index is -0.617. The number of hydrogen-bond donors (Lipinski definition) is 1. The molecule has 7 heteroatoms. The largest absolute Gasteiger partial charge is 0.493 e. The average molecular weight is 476 g/mol. The van der Waals surface area contributed by atoms with E-state index in [0.717, 1.165) is 69.2 Å². The first-order chi connectivity index (χ1) is 15.8. The molecule has 0 aromatic heterocycles. The number of benzene rings is 2. The highest BCUT2D eigenvalue weighted by Gasteiger charge is 2.29. The highest BCUT2D eigenvalue weighted by Crippen LogP contribution is 2.40. The van der Waals surface area contributed by atoms with Crippen LogP contribution < -0.4 is 15.4 Å². The number of hydrogen-bond acceptors (Lipinski definition) is 4. The molecule has 2 aromatic carbocycles. The fraction of sp³-hybridized carbons (Fsp3) is 0.462. The summed E-state index contributed by atoms with van der Waals surface area (Å²) in [5.41, 5.74) is 10.4. The zero-order chi connectivity index (χ0) is 23.5. The van der Waals surface area contributed by atoms with Crippen LogP contribution in [0, 0.1) is 17.6 Å². The Morgan fingerprint density at radius 2 is 1.82 bits per heavy atom. The molecule has 178 valence electrons. The number of halogens is 3. The van der Waals surface area contributed by atoms with Crippen molar-refractivity contribution < 1.29 is 13.5 Å². The lowest BCUT2D eigenvalue weighted by molar-refractivity contribution is 0.171. The molecule has 1 fully saturated rings. The molecule has 4 rings (SSSR count). The van der Waals surface area contributed by atoms with Gasteiger partial charge in [0.05, 0.1) is 18.0 Å². The van der Waals surface area contributed by atoms with Crippen molar-refractivity contribution >= 4 is 23.0 Å². The Bertz CT molecular complexity index is 987. The second-order valence-electron chi connectivity index (χ2n) is 9.29. The number of aryl methyl sites for hydroxylation is 1. The Labute approximate surface area is 200 Å². The van der Waals surface area contributed by atoms with Crippen molar-refractivity contribution in [3.8, 4) is 5.75 Å². The van der Waals surface area contributed by atoms with E-state index < -0.39 is 11.6 Å². The molecule has 0 spiro atoms. The molecular formula is C26H32ClF2N3O. The Morgan fingerprint density at radius 1 is 1.12 bits per heavy atom. The molecule has 0 amide bonds. The first kappa shape index (κ1) is 23.8. The molecule has 1 atom stereocenters. The molecular weight excluding hydrogens is 444 g/mol. The number of fused-ring (bicyclic) bond motifs is 1. The first-order valence-electron chi connectivity index (χ1n) is 11.7. The third kappa shape index (κ3) is 5.79. The van der Waals surface area contributed by atoms with E-state index in [1.54, 1.807) is 0 Å². The van der Waals surface area contributed by atoms with Crippen LogP contribution in [0.25, 0.3) is 0 Å². The van der Waals surface area contributed by atoms with Crippen LogP contribution in [0.4, 0.5) is 20.2 Å². The van der Waals surface area contributed by atoms with Gasteiger partial charge in [-0.25, -0.2) is 8.78 Å². The monoisotopic (exact) mass is 475 g/mol. The third-order valence-corrected chi connectivity index (χ3v) is 7.00. The van der Waals surface area contributed by atoms with Crippen molar-refractivity contribution in [1.29, 1.82) is 0 Å². The molecule has 0 radical (unpaired) electrons. The number of likely N-dealkylation sites (tertiary alicyclic amines) is 1. The molecule has 2 aliphatic heterocycles. The van der Waals surface area contributed by atoms with E-state index in [4.69, 9.17) is 22.1 Å². The zero-order valence-electron chi connectivity index (χ0n) is 19.1. The molecule has 2 aliphatic rings. The number of nitrogen functional groups attached to an aromatic ring is 1. The van der Waals surface area contributed by atoms with Gasteiger partial charge in [-0.15, -0.1) is 0 Å². The van der Waals surface area contributed by atoms with Crippen LogP contribution in [0.1, 0.15) is 38.2 Å². The average Bonchev–Trinajstić information content (AvgIpc) is 2.74. The van der Waals surface area contributed by atoms with Crippen LogP contribution in [-0.2, 0) is 6.42 Å². The SMILES string of the molecule is C=C(CN1CCC(CCOc2cc(F)cc(F)c2)CC1)N1c2c(N)cc(Cl)cc2CCC1C. The Kier molecular flexibility index (Phi) is 7.45. The van der Waals surface area contributed by atoms with Crippen LogP contribution in [0.2, 0.25) is 5.02 Å². The van der Waals surface area contributed by atoms with Crippen LogP contribution in [0.5, 0.6) is 5.75 Å². The smallest absolute Gasteiger partial charge is 0.129 e. The van der Waals surface area contributed by atoms with Gasteiger partial charge in [0.1, 0.15) is 17.4 Å². The van der Waals surface area contributed by atoms with E-state index in [1.807, 2.05) is 12.1 Å². The van der Waals surface area contributed by atoms with Crippen molar-refractivity contribution in [2.75, 3.05) is 36.9 Å². The molecule has 0 saturated carbocycles. The lowest BCUT2D eigenvalue weighted by Crippen LogP contribution is -2.43. The number of rotatable bonds is 7. The summed E-state index contributed by atoms with van der Waals surface area (Å²) >= 11 is 6.23. The molecule has 0 aliphatic carbocycles. The highest BCUT2D eigenvalue weighted by molar-refractivity contribution is 6.31. The van der Waals surface area contributed by atoms with Crippen molar-refractivity contribution in [2.24, 2.45) is 5.92 Å². The number of anilines is 2. The molecule has 2 heterocycles. The predicted molar refractivity (Wildman–Crippen MR) is 131 cm³/mol. The van der Waals surface area contributed by atoms with Gasteiger partial charge in [-0.3, -0.25) is 4.90 Å². The van der Waals surface area contributed by atoms with Gasteiger partial charge in [0, 0.05) is 41.5 Å². The molecule has 1 saturated heterocycles. The van der Waals surface area contributed by atoms with Crippen molar-refractivity contribution in [1.82, 2.24) is 4.90 Å². The normalized spacial score (nSPS) is 19.4. The van der Waals surface area contributed by atoms with Gasteiger partial charge in [0.2, 0.25) is 0 Å². The second kappa shape index (κ2) is 10.3. The maximum absolute atomic E-state index is 13.3. The standard InChI is InChI=1S/C26H32ClF2N3O/c1-17-3-4-20-11-21(27)12-25(30)26(20)32(17)18(2)16-31-8-5-19(6-9-31)7-10-33-24-14-22(28)13-23(29)15-24/h11-15,17,19H,2-10,16,30H2,1H3. The van der Waals surface area contributed by atoms with E-state index in [9.17, 15) is 8.78 Å². The van der Waals surface area contributed by atoms with Gasteiger partial charge < -0.3 is 15.4 Å². The van der Waals surface area contributed by atoms with E-state index in [1.165, 1.54) is 17.7 Å². The topological polar surface area (TPSA) is 41.7 Å². The van der Waals surface area contributed by atoms with E-state index in [2.05, 4.69) is 23.3 Å². The fourth-order valence-electron chi connectivity index (χ4n) is 5.07. The molecule has 33 heavy (non-hydrogen) atoms. The van der Waals surface area contributed by atoms with Gasteiger partial charge >= 0.3 is 0 Å². The molecule has 4 nitrogen and oxygen atoms in total. The maximum Gasteiger partial charge on any atom is 0.129 e. The van der Waals surface area contributed by atoms with Gasteiger partial charge in [0.25, 0.3) is 0 Å². The Morgan fingerprint density at radius 3 is 2.52 bits per heavy atom. The van der Waals surface area contributed by atoms with E-state index >= 15 is 0 Å². The summed E-state index contributed by atoms with van der Waals surface area (Å²) in [7, 11) is 0. The number of nitrogens with zero attached hydrogens (tertiary/aromatic N) is 2. The summed E-state index contributed by atoms with van der Waals surface area (Å²) in [6, 6.07) is 7.48. The predicted octanol–water partition coefficient (Wildman–Crippen LogP) is 6.04. The molecule has 2 N–H and O–H groups in total. The van der Waals surface area contributed by atoms with Crippen LogP contribution in [0.15, 0.2) is 42.6 Å². The van der Waals surface area contributed by atoms with Gasteiger partial charge in [0.15, 0.2) is 0 Å². The highest BCUT2D eigenvalue weighted by atomic mass is 35.5. The lowest BCUT2D eigenvalue weighted by Gasteiger charge is -2.41. The third-order valence-electron chi connectivity index (χ3n) is 6.78. The van der Waals surface area contributed by atoms with E-state index in [0.29, 0.717) is 29.3 Å². The van der Waals surface area contributed by atoms with E-state index in [-0.39, 0.29) is 5.75 Å². The van der Waals surface area contributed by atoms with Gasteiger partial charge in [-0.05, 0) is 75.7 Å². The maximum atomic E-state index is 13.3. The summed E-state index contributed by atoms with van der Waals surface area (Å²) in [6.45, 7) is 9.88. The summed E-state index contributed by atoms with van der Waals surface area (Å²) < 4.78 is 32.1. The number of piperidine rings is 1. The lowest BCUT2D eigenvalue weighted by atomic mass is 9.93. The van der Waals surface area contributed by atoms with Crippen molar-refractivity contribution in [3.05, 3.63) is 64.8 Å². The molecule has 0 bridgehead atoms.